The van der Waals surface area contributed by atoms with Crippen LogP contribution in [0.5, 0.6) is 0 Å². The second-order valence-corrected chi connectivity index (χ2v) is 8.33. The predicted octanol–water partition coefficient (Wildman–Crippen LogP) is 4.19. The molecule has 0 aliphatic heterocycles. The van der Waals surface area contributed by atoms with Crippen LogP contribution in [-0.2, 0) is 11.8 Å². The third-order valence-corrected chi connectivity index (χ3v) is 5.68. The Morgan fingerprint density at radius 3 is 2.60 bits per heavy atom. The highest BCUT2D eigenvalue weighted by Crippen LogP contribution is 2.45. The number of nitrogens with zero attached hydrogens (tertiary/aromatic N) is 5. The maximum absolute atomic E-state index is 13.9. The molecule has 4 rings (SSSR count). The normalized spacial score (nSPS) is 18.9. The van der Waals surface area contributed by atoms with Crippen LogP contribution in [0.2, 0.25) is 0 Å². The van der Waals surface area contributed by atoms with Gasteiger partial charge in [0.25, 0.3) is 0 Å². The van der Waals surface area contributed by atoms with Crippen LogP contribution < -0.4 is 5.32 Å². The number of alkyl halides is 2. The van der Waals surface area contributed by atoms with Crippen molar-refractivity contribution in [2.45, 2.75) is 31.1 Å². The third-order valence-electron chi connectivity index (χ3n) is 5.21. The molecule has 0 spiro atoms. The highest BCUT2D eigenvalue weighted by atomic mass is 79.9. The molecule has 2 aromatic heterocycles. The Labute approximate surface area is 180 Å². The van der Waals surface area contributed by atoms with Gasteiger partial charge in [0.1, 0.15) is 5.82 Å². The van der Waals surface area contributed by atoms with Crippen molar-refractivity contribution >= 4 is 27.7 Å². The van der Waals surface area contributed by atoms with Gasteiger partial charge in [-0.15, -0.1) is 10.2 Å². The Morgan fingerprint density at radius 1 is 1.27 bits per heavy atom. The zero-order valence-electron chi connectivity index (χ0n) is 16.1. The van der Waals surface area contributed by atoms with E-state index in [0.29, 0.717) is 17.2 Å². The third kappa shape index (κ3) is 4.53. The average molecular weight is 477 g/mol. The van der Waals surface area contributed by atoms with Crippen molar-refractivity contribution < 1.29 is 13.6 Å². The van der Waals surface area contributed by atoms with Gasteiger partial charge in [0, 0.05) is 29.1 Å². The summed E-state index contributed by atoms with van der Waals surface area (Å²) < 4.78 is 28.6. The first-order chi connectivity index (χ1) is 14.3. The molecule has 3 aromatic rings. The molecule has 156 valence electrons. The Morgan fingerprint density at radius 2 is 2.03 bits per heavy atom. The second kappa shape index (κ2) is 8.17. The lowest BCUT2D eigenvalue weighted by Gasteiger charge is -2.23. The first-order valence-corrected chi connectivity index (χ1v) is 10.2. The Bertz CT molecular complexity index is 1040. The molecule has 0 saturated heterocycles. The maximum atomic E-state index is 13.9. The number of pyridine rings is 1. The van der Waals surface area contributed by atoms with Gasteiger partial charge in [0.2, 0.25) is 17.7 Å². The lowest BCUT2D eigenvalue weighted by molar-refractivity contribution is -0.118. The molecule has 2 heterocycles. The van der Waals surface area contributed by atoms with Gasteiger partial charge in [-0.25, -0.2) is 13.8 Å². The molecule has 1 amide bonds. The largest absolute Gasteiger partial charge is 0.310 e. The van der Waals surface area contributed by atoms with E-state index < -0.39 is 17.8 Å². The number of tetrazole rings is 1. The molecule has 0 unspecified atom stereocenters. The van der Waals surface area contributed by atoms with E-state index in [1.54, 1.807) is 49.6 Å². The number of carbonyl (C=O) groups is 1. The number of anilines is 1. The lowest BCUT2D eigenvalue weighted by atomic mass is 9.83. The lowest BCUT2D eigenvalue weighted by Crippen LogP contribution is -2.27. The summed E-state index contributed by atoms with van der Waals surface area (Å²) >= 11 is 3.30. The van der Waals surface area contributed by atoms with Crippen molar-refractivity contribution in [1.82, 2.24) is 25.2 Å². The molecule has 0 radical (unpaired) electrons. The van der Waals surface area contributed by atoms with E-state index in [-0.39, 0.29) is 25.2 Å². The fourth-order valence-electron chi connectivity index (χ4n) is 3.80. The van der Waals surface area contributed by atoms with Crippen LogP contribution in [0.3, 0.4) is 0 Å². The summed E-state index contributed by atoms with van der Waals surface area (Å²) in [5.41, 5.74) is 1.40. The van der Waals surface area contributed by atoms with E-state index in [0.717, 1.165) is 10.0 Å². The van der Waals surface area contributed by atoms with Gasteiger partial charge in [0.15, 0.2) is 0 Å². The molecule has 0 bridgehead atoms. The number of hydrogen-bond acceptors (Lipinski definition) is 5. The number of aryl methyl sites for hydroxylation is 1. The summed E-state index contributed by atoms with van der Waals surface area (Å²) in [7, 11) is 1.67. The number of rotatable bonds is 5. The molecule has 1 N–H and O–H groups in total. The van der Waals surface area contributed by atoms with E-state index in [2.05, 4.69) is 41.6 Å². The smallest absolute Gasteiger partial charge is 0.248 e. The number of benzene rings is 1. The average Bonchev–Trinajstić information content (AvgIpc) is 3.29. The van der Waals surface area contributed by atoms with Crippen LogP contribution in [0, 0.1) is 5.92 Å². The molecule has 1 aliphatic rings. The number of carbonyl (C=O) groups excluding carboxylic acids is 1. The molecule has 10 heteroatoms. The Hall–Kier alpha value is -2.75. The van der Waals surface area contributed by atoms with Crippen LogP contribution in [-0.4, -0.2) is 37.0 Å². The van der Waals surface area contributed by atoms with Gasteiger partial charge >= 0.3 is 0 Å². The molecule has 1 aliphatic carbocycles. The van der Waals surface area contributed by atoms with Gasteiger partial charge in [-0.3, -0.25) is 4.79 Å². The molecule has 1 aromatic carbocycles. The first kappa shape index (κ1) is 20.5. The monoisotopic (exact) mass is 476 g/mol. The van der Waals surface area contributed by atoms with Gasteiger partial charge < -0.3 is 5.32 Å². The van der Waals surface area contributed by atoms with E-state index in [1.165, 1.54) is 4.80 Å². The van der Waals surface area contributed by atoms with Crippen LogP contribution in [0.1, 0.15) is 30.7 Å². The summed E-state index contributed by atoms with van der Waals surface area (Å²) in [5, 5.41) is 14.7. The molecule has 2 atom stereocenters. The fraction of sp³-hybridized carbons (Fsp3) is 0.350. The molecule has 1 fully saturated rings. The molecule has 7 nitrogen and oxygen atoms in total. The summed E-state index contributed by atoms with van der Waals surface area (Å²) in [6.07, 6.45) is 1.33. The van der Waals surface area contributed by atoms with Crippen LogP contribution >= 0.6 is 15.9 Å². The summed E-state index contributed by atoms with van der Waals surface area (Å²) in [4.78, 5) is 18.6. The number of nitrogens with one attached hydrogen (secondary N) is 1. The van der Waals surface area contributed by atoms with Crippen molar-refractivity contribution in [3.63, 3.8) is 0 Å². The summed E-state index contributed by atoms with van der Waals surface area (Å²) in [6, 6.07) is 10.5. The number of hydrogen-bond donors (Lipinski definition) is 1. The van der Waals surface area contributed by atoms with Crippen molar-refractivity contribution in [2.24, 2.45) is 13.0 Å². The Kier molecular flexibility index (Phi) is 5.59. The fourth-order valence-corrected chi connectivity index (χ4v) is 4.03. The zero-order chi connectivity index (χ0) is 21.3. The highest BCUT2D eigenvalue weighted by molar-refractivity contribution is 9.10. The van der Waals surface area contributed by atoms with Crippen LogP contribution in [0.4, 0.5) is 14.6 Å². The summed E-state index contributed by atoms with van der Waals surface area (Å²) in [6.45, 7) is 0. The minimum Gasteiger partial charge on any atom is -0.310 e. The zero-order valence-corrected chi connectivity index (χ0v) is 17.7. The highest BCUT2D eigenvalue weighted by Gasteiger charge is 2.45. The van der Waals surface area contributed by atoms with E-state index in [9.17, 15) is 13.6 Å². The van der Waals surface area contributed by atoms with Gasteiger partial charge in [0.05, 0.1) is 13.0 Å². The molecular weight excluding hydrogens is 458 g/mol. The quantitative estimate of drug-likeness (QED) is 0.596. The standard InChI is InChI=1S/C20H19BrF2N6O/c1-29-27-18(26-28-29)13-4-2-12(3-5-13)17(14-8-9-20(22,23)10-14)19(30)25-16-7-6-15(21)11-24-16/h2-7,11,14,17H,8-10H2,1H3,(H,24,25,30)/t14-,17+/m0/s1. The Balaban J connectivity index is 1.61. The van der Waals surface area contributed by atoms with E-state index in [1.807, 2.05) is 0 Å². The van der Waals surface area contributed by atoms with Crippen molar-refractivity contribution in [3.8, 4) is 11.4 Å². The summed E-state index contributed by atoms with van der Waals surface area (Å²) in [5.74, 6) is -3.45. The van der Waals surface area contributed by atoms with Crippen LogP contribution in [0.15, 0.2) is 47.1 Å². The second-order valence-electron chi connectivity index (χ2n) is 7.41. The van der Waals surface area contributed by atoms with Gasteiger partial charge in [-0.05, 0) is 51.2 Å². The topological polar surface area (TPSA) is 85.6 Å². The van der Waals surface area contributed by atoms with Crippen molar-refractivity contribution in [2.75, 3.05) is 5.32 Å². The first-order valence-electron chi connectivity index (χ1n) is 9.45. The molecule has 30 heavy (non-hydrogen) atoms. The van der Waals surface area contributed by atoms with E-state index in [4.69, 9.17) is 0 Å². The molecule has 1 saturated carbocycles. The SMILES string of the molecule is Cn1nnc(-c2ccc([C@@H](C(=O)Nc3ccc(Br)cn3)[C@H]3CCC(F)(F)C3)cc2)n1. The van der Waals surface area contributed by atoms with Crippen molar-refractivity contribution in [1.29, 1.82) is 0 Å². The minimum atomic E-state index is -2.75. The van der Waals surface area contributed by atoms with Gasteiger partial charge in [-0.1, -0.05) is 24.3 Å². The van der Waals surface area contributed by atoms with Crippen LogP contribution in [0.25, 0.3) is 11.4 Å². The number of amides is 1. The number of aromatic nitrogens is 5. The predicted molar refractivity (Wildman–Crippen MR) is 110 cm³/mol. The van der Waals surface area contributed by atoms with E-state index >= 15 is 0 Å². The number of halogens is 3. The van der Waals surface area contributed by atoms with Gasteiger partial charge in [-0.2, -0.15) is 4.80 Å². The molecular formula is C20H19BrF2N6O. The minimum absolute atomic E-state index is 0.209. The van der Waals surface area contributed by atoms with Crippen molar-refractivity contribution in [3.05, 3.63) is 52.6 Å². The maximum Gasteiger partial charge on any atom is 0.248 e.